The van der Waals surface area contributed by atoms with Gasteiger partial charge >= 0.3 is 18.1 Å². The van der Waals surface area contributed by atoms with E-state index >= 15 is 0 Å². The van der Waals surface area contributed by atoms with Gasteiger partial charge in [-0.25, -0.2) is 0 Å². The summed E-state index contributed by atoms with van der Waals surface area (Å²) in [6.45, 7) is 0. The number of rotatable bonds is 9. The fourth-order valence-electron chi connectivity index (χ4n) is 7.27. The van der Waals surface area contributed by atoms with E-state index in [0.717, 1.165) is 29.4 Å². The molecule has 4 aliphatic carbocycles. The number of benzene rings is 1. The second kappa shape index (κ2) is 10.2. The Balaban J connectivity index is 1.62. The molecule has 0 saturated heterocycles. The molecule has 3 unspecified atom stereocenters. The number of hydrogen-bond acceptors (Lipinski definition) is 6. The molecule has 38 heavy (non-hydrogen) atoms. The van der Waals surface area contributed by atoms with E-state index in [1.54, 1.807) is 0 Å². The van der Waals surface area contributed by atoms with Crippen molar-refractivity contribution in [1.29, 1.82) is 0 Å². The summed E-state index contributed by atoms with van der Waals surface area (Å²) in [5.74, 6) is -2.99. The molecule has 4 fully saturated rings. The minimum absolute atomic E-state index is 0.00290. The first-order valence-corrected chi connectivity index (χ1v) is 14.8. The smallest absolute Gasteiger partial charge is 0.426 e. The normalized spacial score (nSPS) is 29.2. The zero-order chi connectivity index (χ0) is 28.1. The first-order chi connectivity index (χ1) is 17.6. The summed E-state index contributed by atoms with van der Waals surface area (Å²) in [5.41, 5.74) is 0.593. The number of hydrogen-bond donors (Lipinski definition) is 1. The molecule has 206 valence electrons. The first kappa shape index (κ1) is 29.0. The summed E-state index contributed by atoms with van der Waals surface area (Å²) in [6, 6.07) is 4.04. The van der Waals surface area contributed by atoms with Crippen LogP contribution in [0.1, 0.15) is 55.2 Å². The number of halogens is 3. The maximum Gasteiger partial charge on any atom is 0.426 e. The second-order valence-corrected chi connectivity index (χ2v) is 12.9. The Labute approximate surface area is 223 Å². The van der Waals surface area contributed by atoms with Gasteiger partial charge in [0.05, 0.1) is 10.8 Å². The van der Waals surface area contributed by atoms with Crippen LogP contribution in [-0.2, 0) is 43.4 Å². The molecule has 0 aliphatic heterocycles. The topological polar surface area (TPSA) is 107 Å². The fourth-order valence-corrected chi connectivity index (χ4v) is 7.91. The molecule has 7 nitrogen and oxygen atoms in total. The van der Waals surface area contributed by atoms with Crippen LogP contribution in [0, 0.1) is 22.7 Å². The van der Waals surface area contributed by atoms with Crippen molar-refractivity contribution < 1.29 is 45.2 Å². The van der Waals surface area contributed by atoms with E-state index in [1.807, 2.05) is 35.7 Å². The van der Waals surface area contributed by atoms with Gasteiger partial charge in [-0.05, 0) is 61.5 Å². The molecular formula is C24H32B3F3O7S. The summed E-state index contributed by atoms with van der Waals surface area (Å²) in [5, 5.41) is 0. The van der Waals surface area contributed by atoms with Gasteiger partial charge in [0.15, 0.2) is 0 Å². The van der Waals surface area contributed by atoms with Crippen LogP contribution in [-0.4, -0.2) is 66.5 Å². The lowest BCUT2D eigenvalue weighted by Gasteiger charge is -2.59. The third-order valence-corrected chi connectivity index (χ3v) is 9.29. The highest BCUT2D eigenvalue weighted by molar-refractivity contribution is 7.85. The van der Waals surface area contributed by atoms with E-state index in [0.29, 0.717) is 31.2 Å². The summed E-state index contributed by atoms with van der Waals surface area (Å²) >= 11 is 0. The van der Waals surface area contributed by atoms with Crippen LogP contribution in [0.2, 0.25) is 0 Å². The van der Waals surface area contributed by atoms with Gasteiger partial charge in [0.2, 0.25) is 6.10 Å². The Morgan fingerprint density at radius 3 is 1.89 bits per heavy atom. The fraction of sp³-hybridized carbons (Fsp3) is 0.667. The van der Waals surface area contributed by atoms with Crippen molar-refractivity contribution in [2.75, 3.05) is 5.75 Å². The van der Waals surface area contributed by atoms with Gasteiger partial charge < -0.3 is 9.47 Å². The van der Waals surface area contributed by atoms with Crippen LogP contribution in [0.25, 0.3) is 0 Å². The van der Waals surface area contributed by atoms with Crippen LogP contribution >= 0.6 is 0 Å². The van der Waals surface area contributed by atoms with Crippen molar-refractivity contribution >= 4 is 45.6 Å². The standard InChI is InChI=1S/C24H32B3F3O7S/c25-8-13-2-16(9-26)19(17(3-13)10-27)37-21(32)23-6-14-1-15(7-23)5-22(4-14,12-23)20(31)36-18(24(28,29)30)11-38(33,34)35/h2-3,14-15,18H,1,4-12,25-27H2,(H,33,34,35). The molecule has 4 bridgehead atoms. The zero-order valence-corrected chi connectivity index (χ0v) is 22.7. The highest BCUT2D eigenvalue weighted by Crippen LogP contribution is 2.66. The molecule has 0 radical (unpaired) electrons. The van der Waals surface area contributed by atoms with Gasteiger partial charge in [0.1, 0.15) is 35.0 Å². The van der Waals surface area contributed by atoms with Crippen LogP contribution in [0.3, 0.4) is 0 Å². The number of alkyl halides is 3. The average molecular weight is 554 g/mol. The van der Waals surface area contributed by atoms with Gasteiger partial charge in [-0.1, -0.05) is 36.7 Å². The highest BCUT2D eigenvalue weighted by Gasteiger charge is 2.65. The van der Waals surface area contributed by atoms with E-state index in [4.69, 9.17) is 14.0 Å². The first-order valence-electron chi connectivity index (χ1n) is 13.2. The third kappa shape index (κ3) is 5.66. The monoisotopic (exact) mass is 554 g/mol. The van der Waals surface area contributed by atoms with Gasteiger partial charge in [-0.15, -0.1) is 0 Å². The van der Waals surface area contributed by atoms with Crippen LogP contribution in [0.5, 0.6) is 5.75 Å². The zero-order valence-electron chi connectivity index (χ0n) is 21.9. The molecule has 14 heteroatoms. The average Bonchev–Trinajstić information content (AvgIpc) is 2.81. The molecule has 3 atom stereocenters. The van der Waals surface area contributed by atoms with E-state index in [9.17, 15) is 31.2 Å². The molecule has 1 aromatic carbocycles. The van der Waals surface area contributed by atoms with Crippen LogP contribution in [0.4, 0.5) is 13.2 Å². The van der Waals surface area contributed by atoms with Gasteiger partial charge in [0.25, 0.3) is 10.1 Å². The number of ether oxygens (including phenoxy) is 2. The second-order valence-electron chi connectivity index (χ2n) is 11.4. The summed E-state index contributed by atoms with van der Waals surface area (Å²) < 4.78 is 82.7. The highest BCUT2D eigenvalue weighted by atomic mass is 32.2. The minimum Gasteiger partial charge on any atom is -0.451 e. The minimum atomic E-state index is -5.18. The largest absolute Gasteiger partial charge is 0.451 e. The molecule has 5 rings (SSSR count). The summed E-state index contributed by atoms with van der Waals surface area (Å²) in [7, 11) is 0.945. The van der Waals surface area contributed by atoms with Crippen molar-refractivity contribution in [2.24, 2.45) is 22.7 Å². The van der Waals surface area contributed by atoms with E-state index in [-0.39, 0.29) is 31.1 Å². The van der Waals surface area contributed by atoms with Crippen molar-refractivity contribution in [3.8, 4) is 5.75 Å². The van der Waals surface area contributed by atoms with Crippen LogP contribution < -0.4 is 4.74 Å². The van der Waals surface area contributed by atoms with Crippen molar-refractivity contribution in [3.63, 3.8) is 0 Å². The maximum atomic E-state index is 13.8. The van der Waals surface area contributed by atoms with Crippen molar-refractivity contribution in [2.45, 2.75) is 69.8 Å². The van der Waals surface area contributed by atoms with Crippen molar-refractivity contribution in [1.82, 2.24) is 0 Å². The third-order valence-electron chi connectivity index (χ3n) is 8.57. The predicted molar refractivity (Wildman–Crippen MR) is 141 cm³/mol. The lowest BCUT2D eigenvalue weighted by molar-refractivity contribution is -0.230. The lowest BCUT2D eigenvalue weighted by atomic mass is 9.44. The van der Waals surface area contributed by atoms with Crippen molar-refractivity contribution in [3.05, 3.63) is 28.8 Å². The maximum absolute atomic E-state index is 13.8. The molecule has 4 saturated carbocycles. The molecule has 0 heterocycles. The molecule has 4 aliphatic rings. The van der Waals surface area contributed by atoms with Gasteiger partial charge in [0, 0.05) is 0 Å². The molecule has 0 amide bonds. The Kier molecular flexibility index (Phi) is 7.82. The predicted octanol–water partition coefficient (Wildman–Crippen LogP) is 0.940. The van der Waals surface area contributed by atoms with E-state index in [2.05, 4.69) is 0 Å². The van der Waals surface area contributed by atoms with E-state index < -0.39 is 50.9 Å². The lowest BCUT2D eigenvalue weighted by Crippen LogP contribution is -2.59. The quantitative estimate of drug-likeness (QED) is 0.210. The molecule has 0 aromatic heterocycles. The molecule has 0 spiro atoms. The summed E-state index contributed by atoms with van der Waals surface area (Å²) in [4.78, 5) is 27.1. The Morgan fingerprint density at radius 1 is 0.974 bits per heavy atom. The van der Waals surface area contributed by atoms with Gasteiger partial charge in [-0.3, -0.25) is 14.1 Å². The number of carbonyl (C=O) groups is 2. The van der Waals surface area contributed by atoms with Crippen LogP contribution in [0.15, 0.2) is 12.1 Å². The van der Waals surface area contributed by atoms with Gasteiger partial charge in [-0.2, -0.15) is 21.6 Å². The Hall–Kier alpha value is -1.95. The molecule has 1 N–H and O–H groups in total. The molecule has 1 aromatic rings. The SMILES string of the molecule is BCc1cc(CB)c(OC(=O)C23CC4CC(C2)CC(C(=O)OC(CS(=O)(=O)O)C(F)(F)F)(C4)C3)c(CB)c1. The number of carbonyl (C=O) groups excluding carboxylic acids is 2. The molecular weight excluding hydrogens is 522 g/mol. The number of esters is 2. The Bertz CT molecular complexity index is 1180. The Morgan fingerprint density at radius 2 is 1.47 bits per heavy atom. The van der Waals surface area contributed by atoms with E-state index in [1.165, 1.54) is 0 Å². The summed E-state index contributed by atoms with van der Waals surface area (Å²) in [6.07, 6.45) is -3.72.